The smallest absolute Gasteiger partial charge is 0.251 e. The molecule has 0 radical (unpaired) electrons. The summed E-state index contributed by atoms with van der Waals surface area (Å²) in [7, 11) is 1.63. The number of amides is 2. The Kier molecular flexibility index (Phi) is 8.10. The van der Waals surface area contributed by atoms with Crippen LogP contribution in [0.1, 0.15) is 22.3 Å². The average molecular weight is 390 g/mol. The van der Waals surface area contributed by atoms with Crippen molar-refractivity contribution in [2.75, 3.05) is 37.4 Å². The first-order chi connectivity index (χ1) is 13.0. The molecule has 0 saturated carbocycles. The topological polar surface area (TPSA) is 79.5 Å². The molecule has 27 heavy (non-hydrogen) atoms. The number of methoxy groups -OCH3 is 1. The zero-order valence-electron chi connectivity index (χ0n) is 15.5. The molecule has 2 aromatic rings. The number of nitrogens with one attached hydrogen (secondary N) is 3. The molecule has 0 fully saturated rings. The molecule has 3 N–H and O–H groups in total. The number of halogens is 1. The standard InChI is InChI=1S/C20H24ClN3O3/c1-14-17(21)5-3-6-18(14)24-19(25)13-23-16-9-7-15(8-10-16)20(26)22-11-4-12-27-2/h3,5-10,23H,4,11-13H2,1-2H3,(H,22,26)(H,24,25). The van der Waals surface area contributed by atoms with Crippen molar-refractivity contribution in [2.24, 2.45) is 0 Å². The minimum absolute atomic E-state index is 0.106. The van der Waals surface area contributed by atoms with Crippen LogP contribution in [0.15, 0.2) is 42.5 Å². The molecule has 2 rings (SSSR count). The van der Waals surface area contributed by atoms with E-state index in [0.717, 1.165) is 17.7 Å². The maximum atomic E-state index is 12.1. The molecule has 0 bridgehead atoms. The Balaban J connectivity index is 1.81. The monoisotopic (exact) mass is 389 g/mol. The van der Waals surface area contributed by atoms with Crippen LogP contribution in [0.5, 0.6) is 0 Å². The van der Waals surface area contributed by atoms with Crippen LogP contribution in [0, 0.1) is 6.92 Å². The first-order valence-corrected chi connectivity index (χ1v) is 9.05. The van der Waals surface area contributed by atoms with Crippen LogP contribution in [-0.2, 0) is 9.53 Å². The Bertz CT molecular complexity index is 779. The van der Waals surface area contributed by atoms with Crippen molar-refractivity contribution in [1.82, 2.24) is 5.32 Å². The quantitative estimate of drug-likeness (QED) is 0.574. The van der Waals surface area contributed by atoms with E-state index in [4.69, 9.17) is 16.3 Å². The van der Waals surface area contributed by atoms with Gasteiger partial charge in [0.1, 0.15) is 0 Å². The molecular formula is C20H24ClN3O3. The van der Waals surface area contributed by atoms with Crippen molar-refractivity contribution in [3.05, 3.63) is 58.6 Å². The highest BCUT2D eigenvalue weighted by atomic mass is 35.5. The van der Waals surface area contributed by atoms with Gasteiger partial charge in [-0.1, -0.05) is 17.7 Å². The summed E-state index contributed by atoms with van der Waals surface area (Å²) < 4.78 is 4.94. The van der Waals surface area contributed by atoms with Gasteiger partial charge >= 0.3 is 0 Å². The Morgan fingerprint density at radius 1 is 1.11 bits per heavy atom. The zero-order chi connectivity index (χ0) is 19.6. The molecule has 0 aliphatic rings. The first kappa shape index (κ1) is 20.7. The van der Waals surface area contributed by atoms with Gasteiger partial charge in [-0.05, 0) is 55.3 Å². The summed E-state index contributed by atoms with van der Waals surface area (Å²) in [4.78, 5) is 24.1. The second kappa shape index (κ2) is 10.5. The van der Waals surface area contributed by atoms with Crippen molar-refractivity contribution in [3.63, 3.8) is 0 Å². The van der Waals surface area contributed by atoms with Crippen molar-refractivity contribution < 1.29 is 14.3 Å². The summed E-state index contributed by atoms with van der Waals surface area (Å²) in [6.07, 6.45) is 0.767. The summed E-state index contributed by atoms with van der Waals surface area (Å²) >= 11 is 6.05. The molecule has 2 aromatic carbocycles. The van der Waals surface area contributed by atoms with Gasteiger partial charge in [-0.3, -0.25) is 9.59 Å². The SMILES string of the molecule is COCCCNC(=O)c1ccc(NCC(=O)Nc2cccc(Cl)c2C)cc1. The normalized spacial score (nSPS) is 10.3. The molecule has 2 amide bonds. The molecule has 0 spiro atoms. The van der Waals surface area contributed by atoms with E-state index in [-0.39, 0.29) is 18.4 Å². The molecule has 0 aliphatic heterocycles. The second-order valence-corrected chi connectivity index (χ2v) is 6.40. The molecule has 0 aromatic heterocycles. The van der Waals surface area contributed by atoms with Gasteiger partial charge in [0.2, 0.25) is 5.91 Å². The van der Waals surface area contributed by atoms with Gasteiger partial charge in [0.15, 0.2) is 0 Å². The molecule has 144 valence electrons. The Morgan fingerprint density at radius 2 is 1.85 bits per heavy atom. The van der Waals surface area contributed by atoms with Crippen molar-refractivity contribution in [3.8, 4) is 0 Å². The number of ether oxygens (including phenoxy) is 1. The van der Waals surface area contributed by atoms with Crippen LogP contribution in [0.3, 0.4) is 0 Å². The third-order valence-corrected chi connectivity index (χ3v) is 4.36. The van der Waals surface area contributed by atoms with E-state index in [0.29, 0.717) is 29.4 Å². The third kappa shape index (κ3) is 6.58. The summed E-state index contributed by atoms with van der Waals surface area (Å²) in [5.41, 5.74) is 2.84. The van der Waals surface area contributed by atoms with Crippen LogP contribution in [0.4, 0.5) is 11.4 Å². The number of hydrogen-bond acceptors (Lipinski definition) is 4. The number of anilines is 2. The predicted molar refractivity (Wildman–Crippen MR) is 109 cm³/mol. The molecule has 0 unspecified atom stereocenters. The van der Waals surface area contributed by atoms with Gasteiger partial charge in [-0.25, -0.2) is 0 Å². The number of rotatable bonds is 9. The van der Waals surface area contributed by atoms with Gasteiger partial charge < -0.3 is 20.7 Å². The lowest BCUT2D eigenvalue weighted by Crippen LogP contribution is -2.25. The van der Waals surface area contributed by atoms with Crippen molar-refractivity contribution >= 4 is 34.8 Å². The maximum absolute atomic E-state index is 12.1. The van der Waals surface area contributed by atoms with E-state index in [1.807, 2.05) is 6.92 Å². The van der Waals surface area contributed by atoms with Gasteiger partial charge in [0.05, 0.1) is 6.54 Å². The van der Waals surface area contributed by atoms with Crippen LogP contribution < -0.4 is 16.0 Å². The van der Waals surface area contributed by atoms with Crippen molar-refractivity contribution in [2.45, 2.75) is 13.3 Å². The van der Waals surface area contributed by atoms with E-state index in [9.17, 15) is 9.59 Å². The zero-order valence-corrected chi connectivity index (χ0v) is 16.2. The Morgan fingerprint density at radius 3 is 2.56 bits per heavy atom. The van der Waals surface area contributed by atoms with Gasteiger partial charge in [0, 0.05) is 42.2 Å². The summed E-state index contributed by atoms with van der Waals surface area (Å²) in [6, 6.07) is 12.3. The van der Waals surface area contributed by atoms with Crippen LogP contribution >= 0.6 is 11.6 Å². The maximum Gasteiger partial charge on any atom is 0.251 e. The molecule has 0 aliphatic carbocycles. The van der Waals surface area contributed by atoms with E-state index >= 15 is 0 Å². The lowest BCUT2D eigenvalue weighted by molar-refractivity contribution is -0.114. The molecular weight excluding hydrogens is 366 g/mol. The van der Waals surface area contributed by atoms with Crippen molar-refractivity contribution in [1.29, 1.82) is 0 Å². The minimum Gasteiger partial charge on any atom is -0.385 e. The molecule has 0 heterocycles. The van der Waals surface area contributed by atoms with Gasteiger partial charge in [-0.15, -0.1) is 0 Å². The Labute approximate surface area is 164 Å². The lowest BCUT2D eigenvalue weighted by Gasteiger charge is -2.11. The number of benzene rings is 2. The average Bonchev–Trinajstić information content (AvgIpc) is 2.67. The summed E-state index contributed by atoms with van der Waals surface area (Å²) in [5, 5.41) is 9.29. The van der Waals surface area contributed by atoms with Crippen LogP contribution in [-0.4, -0.2) is 38.6 Å². The van der Waals surface area contributed by atoms with Crippen LogP contribution in [0.2, 0.25) is 5.02 Å². The number of hydrogen-bond donors (Lipinski definition) is 3. The van der Waals surface area contributed by atoms with E-state index in [2.05, 4.69) is 16.0 Å². The minimum atomic E-state index is -0.180. The fourth-order valence-corrected chi connectivity index (χ4v) is 2.55. The number of carbonyl (C=O) groups is 2. The summed E-state index contributed by atoms with van der Waals surface area (Å²) in [6.45, 7) is 3.13. The first-order valence-electron chi connectivity index (χ1n) is 8.67. The molecule has 0 atom stereocenters. The van der Waals surface area contributed by atoms with Gasteiger partial charge in [-0.2, -0.15) is 0 Å². The summed E-state index contributed by atoms with van der Waals surface area (Å²) in [5.74, 6) is -0.313. The van der Waals surface area contributed by atoms with E-state index in [1.165, 1.54) is 0 Å². The second-order valence-electron chi connectivity index (χ2n) is 5.99. The highest BCUT2D eigenvalue weighted by molar-refractivity contribution is 6.31. The predicted octanol–water partition coefficient (Wildman–Crippen LogP) is 3.47. The largest absolute Gasteiger partial charge is 0.385 e. The van der Waals surface area contributed by atoms with Crippen LogP contribution in [0.25, 0.3) is 0 Å². The molecule has 7 heteroatoms. The molecule has 6 nitrogen and oxygen atoms in total. The highest BCUT2D eigenvalue weighted by Crippen LogP contribution is 2.22. The fourth-order valence-electron chi connectivity index (χ4n) is 2.38. The number of carbonyl (C=O) groups excluding carboxylic acids is 2. The van der Waals surface area contributed by atoms with Gasteiger partial charge in [0.25, 0.3) is 5.91 Å². The third-order valence-electron chi connectivity index (χ3n) is 3.95. The Hall–Kier alpha value is -2.57. The highest BCUT2D eigenvalue weighted by Gasteiger charge is 2.08. The van der Waals surface area contributed by atoms with E-state index < -0.39 is 0 Å². The fraction of sp³-hybridized carbons (Fsp3) is 0.300. The lowest BCUT2D eigenvalue weighted by atomic mass is 10.2. The molecule has 0 saturated heterocycles. The van der Waals surface area contributed by atoms with E-state index in [1.54, 1.807) is 49.6 Å².